The summed E-state index contributed by atoms with van der Waals surface area (Å²) in [5.74, 6) is 1.14. The highest BCUT2D eigenvalue weighted by molar-refractivity contribution is 5.80. The highest BCUT2D eigenvalue weighted by atomic mass is 16.7. The van der Waals surface area contributed by atoms with Crippen LogP contribution in [-0.4, -0.2) is 25.1 Å². The van der Waals surface area contributed by atoms with Crippen LogP contribution in [0.1, 0.15) is 10.4 Å². The summed E-state index contributed by atoms with van der Waals surface area (Å²) in [6.45, 7) is 0.0669. The molecule has 22 heavy (non-hydrogen) atoms. The molecule has 0 aliphatic heterocycles. The Bertz CT molecular complexity index is 668. The van der Waals surface area contributed by atoms with Gasteiger partial charge in [0.1, 0.15) is 17.2 Å². The number of benzene rings is 2. The van der Waals surface area contributed by atoms with E-state index in [0.717, 1.165) is 0 Å². The summed E-state index contributed by atoms with van der Waals surface area (Å²) in [5, 5.41) is 10.6. The smallest absolute Gasteiger partial charge is 0.269 e. The van der Waals surface area contributed by atoms with Crippen LogP contribution in [0.15, 0.2) is 42.5 Å². The first-order chi connectivity index (χ1) is 10.6. The number of methoxy groups -OCH3 is 1. The third-order valence-electron chi connectivity index (χ3n) is 2.73. The third-order valence-corrected chi connectivity index (χ3v) is 2.73. The van der Waals surface area contributed by atoms with Crippen LogP contribution in [0, 0.1) is 10.1 Å². The number of carbonyl (C=O) groups excluding carboxylic acids is 1. The lowest BCUT2D eigenvalue weighted by molar-refractivity contribution is -0.384. The first-order valence-electron chi connectivity index (χ1n) is 6.27. The van der Waals surface area contributed by atoms with Gasteiger partial charge in [-0.15, -0.1) is 0 Å². The predicted molar refractivity (Wildman–Crippen MR) is 77.5 cm³/mol. The fourth-order valence-electron chi connectivity index (χ4n) is 1.68. The highest BCUT2D eigenvalue weighted by Crippen LogP contribution is 2.29. The molecular weight excluding hydrogens is 290 g/mol. The first-order valence-corrected chi connectivity index (χ1v) is 6.27. The summed E-state index contributed by atoms with van der Waals surface area (Å²) < 4.78 is 15.7. The summed E-state index contributed by atoms with van der Waals surface area (Å²) in [7, 11) is 1.49. The van der Waals surface area contributed by atoms with Crippen molar-refractivity contribution in [1.82, 2.24) is 0 Å². The van der Waals surface area contributed by atoms with Crippen molar-refractivity contribution < 1.29 is 23.9 Å². The highest BCUT2D eigenvalue weighted by Gasteiger charge is 2.09. The maximum Gasteiger partial charge on any atom is 0.269 e. The average Bonchev–Trinajstić information content (AvgIpc) is 2.53. The number of hydrogen-bond acceptors (Lipinski definition) is 6. The van der Waals surface area contributed by atoms with Crippen molar-refractivity contribution in [1.29, 1.82) is 0 Å². The van der Waals surface area contributed by atoms with Crippen LogP contribution in [0.2, 0.25) is 0 Å². The molecule has 2 aromatic rings. The quantitative estimate of drug-likeness (QED) is 0.338. The molecule has 114 valence electrons. The Kier molecular flexibility index (Phi) is 5.05. The first kappa shape index (κ1) is 15.5. The monoisotopic (exact) mass is 303 g/mol. The lowest BCUT2D eigenvalue weighted by Crippen LogP contribution is -1.99. The summed E-state index contributed by atoms with van der Waals surface area (Å²) in [5.41, 5.74) is 0.295. The van der Waals surface area contributed by atoms with Crippen LogP contribution < -0.4 is 9.47 Å². The lowest BCUT2D eigenvalue weighted by Gasteiger charge is -2.10. The van der Waals surface area contributed by atoms with Crippen LogP contribution >= 0.6 is 0 Å². The molecule has 0 aromatic heterocycles. The van der Waals surface area contributed by atoms with Gasteiger partial charge in [0.05, 0.1) is 10.5 Å². The number of nitrogens with zero attached hydrogens (tertiary/aromatic N) is 1. The number of nitro benzene ring substituents is 1. The summed E-state index contributed by atoms with van der Waals surface area (Å²) in [6.07, 6.45) is 0.654. The van der Waals surface area contributed by atoms with E-state index in [1.54, 1.807) is 18.2 Å². The van der Waals surface area contributed by atoms with Gasteiger partial charge in [-0.25, -0.2) is 0 Å². The van der Waals surface area contributed by atoms with E-state index < -0.39 is 4.92 Å². The third kappa shape index (κ3) is 3.80. The Balaban J connectivity index is 2.22. The van der Waals surface area contributed by atoms with Gasteiger partial charge in [-0.05, 0) is 24.3 Å². The van der Waals surface area contributed by atoms with Crippen LogP contribution in [0.25, 0.3) is 0 Å². The van der Waals surface area contributed by atoms with Gasteiger partial charge in [0.25, 0.3) is 5.69 Å². The molecule has 0 spiro atoms. The van der Waals surface area contributed by atoms with Crippen LogP contribution in [-0.2, 0) is 4.74 Å². The Morgan fingerprint density at radius 2 is 1.82 bits per heavy atom. The largest absolute Gasteiger partial charge is 0.467 e. The molecular formula is C15H13NO6. The number of ether oxygens (including phenoxy) is 3. The molecule has 0 atom stereocenters. The second-order valence-electron chi connectivity index (χ2n) is 4.22. The van der Waals surface area contributed by atoms with Crippen LogP contribution in [0.3, 0.4) is 0 Å². The molecule has 0 unspecified atom stereocenters. The van der Waals surface area contributed by atoms with Crippen molar-refractivity contribution in [2.75, 3.05) is 13.9 Å². The Morgan fingerprint density at radius 1 is 1.14 bits per heavy atom. The van der Waals surface area contributed by atoms with Gasteiger partial charge in [0.2, 0.25) is 0 Å². The molecule has 0 bridgehead atoms. The number of hydrogen-bond donors (Lipinski definition) is 0. The molecule has 0 fully saturated rings. The van der Waals surface area contributed by atoms with E-state index in [4.69, 9.17) is 14.2 Å². The molecule has 0 heterocycles. The lowest BCUT2D eigenvalue weighted by atomic mass is 10.2. The maximum atomic E-state index is 11.1. The number of carbonyl (C=O) groups is 1. The zero-order chi connectivity index (χ0) is 15.9. The summed E-state index contributed by atoms with van der Waals surface area (Å²) in [6, 6.07) is 10.3. The zero-order valence-corrected chi connectivity index (χ0v) is 11.7. The van der Waals surface area contributed by atoms with Crippen molar-refractivity contribution in [3.63, 3.8) is 0 Å². The molecule has 0 amide bonds. The van der Waals surface area contributed by atoms with Crippen molar-refractivity contribution in [3.05, 3.63) is 58.1 Å². The minimum Gasteiger partial charge on any atom is -0.467 e. The number of aldehydes is 1. The van der Waals surface area contributed by atoms with E-state index in [1.165, 1.54) is 31.4 Å². The van der Waals surface area contributed by atoms with Crippen molar-refractivity contribution in [3.8, 4) is 17.2 Å². The summed E-state index contributed by atoms with van der Waals surface area (Å²) in [4.78, 5) is 21.2. The minimum atomic E-state index is -0.500. The van der Waals surface area contributed by atoms with Gasteiger partial charge in [-0.3, -0.25) is 14.9 Å². The van der Waals surface area contributed by atoms with Gasteiger partial charge in [0.15, 0.2) is 13.1 Å². The zero-order valence-electron chi connectivity index (χ0n) is 11.7. The molecule has 7 nitrogen and oxygen atoms in total. The van der Waals surface area contributed by atoms with Gasteiger partial charge < -0.3 is 14.2 Å². The molecule has 2 rings (SSSR count). The number of rotatable bonds is 7. The van der Waals surface area contributed by atoms with Gasteiger partial charge >= 0.3 is 0 Å². The fraction of sp³-hybridized carbons (Fsp3) is 0.133. The van der Waals surface area contributed by atoms with E-state index in [9.17, 15) is 14.9 Å². The molecule has 0 N–H and O–H groups in total. The van der Waals surface area contributed by atoms with E-state index in [2.05, 4.69) is 0 Å². The second kappa shape index (κ2) is 7.19. The SMILES string of the molecule is COCOc1ccc(C=O)c(Oc2ccc([N+](=O)[O-])cc2)c1. The fourth-order valence-corrected chi connectivity index (χ4v) is 1.68. The Morgan fingerprint density at radius 3 is 2.41 bits per heavy atom. The molecule has 7 heteroatoms. The molecule has 0 saturated heterocycles. The number of nitro groups is 1. The Labute approximate surface area is 126 Å². The van der Waals surface area contributed by atoms with E-state index in [-0.39, 0.29) is 18.2 Å². The van der Waals surface area contributed by atoms with Crippen molar-refractivity contribution in [2.45, 2.75) is 0 Å². The van der Waals surface area contributed by atoms with E-state index in [1.807, 2.05) is 0 Å². The van der Waals surface area contributed by atoms with Crippen molar-refractivity contribution >= 4 is 12.0 Å². The molecule has 0 aliphatic carbocycles. The average molecular weight is 303 g/mol. The van der Waals surface area contributed by atoms with Gasteiger partial charge in [-0.1, -0.05) is 0 Å². The van der Waals surface area contributed by atoms with Crippen LogP contribution in [0.5, 0.6) is 17.2 Å². The van der Waals surface area contributed by atoms with Crippen molar-refractivity contribution in [2.24, 2.45) is 0 Å². The normalized spacial score (nSPS) is 10.0. The Hall–Kier alpha value is -2.93. The maximum absolute atomic E-state index is 11.1. The molecule has 0 saturated carbocycles. The molecule has 2 aromatic carbocycles. The molecule has 0 radical (unpaired) electrons. The van der Waals surface area contributed by atoms with Gasteiger partial charge in [0, 0.05) is 25.3 Å². The van der Waals surface area contributed by atoms with Crippen LogP contribution in [0.4, 0.5) is 5.69 Å². The summed E-state index contributed by atoms with van der Waals surface area (Å²) >= 11 is 0. The van der Waals surface area contributed by atoms with E-state index in [0.29, 0.717) is 23.3 Å². The topological polar surface area (TPSA) is 87.9 Å². The standard InChI is InChI=1S/C15H13NO6/c1-20-10-21-14-5-2-11(9-17)15(8-14)22-13-6-3-12(4-7-13)16(18)19/h2-9H,10H2,1H3. The van der Waals surface area contributed by atoms with E-state index >= 15 is 0 Å². The minimum absolute atomic E-state index is 0.0415. The predicted octanol–water partition coefficient (Wildman–Crippen LogP) is 3.18. The second-order valence-corrected chi connectivity index (χ2v) is 4.22. The molecule has 0 aliphatic rings. The number of non-ortho nitro benzene ring substituents is 1. The van der Waals surface area contributed by atoms with Gasteiger partial charge in [-0.2, -0.15) is 0 Å².